The Morgan fingerprint density at radius 3 is 1.40 bits per heavy atom. The van der Waals surface area contributed by atoms with Gasteiger partial charge in [-0.2, -0.15) is 0 Å². The maximum absolute atomic E-state index is 11.6. The van der Waals surface area contributed by atoms with Crippen molar-refractivity contribution in [1.29, 1.82) is 0 Å². The van der Waals surface area contributed by atoms with Gasteiger partial charge in [-0.1, -0.05) is 41.5 Å². The molecule has 0 aromatic heterocycles. The molecule has 2 rings (SSSR count). The molecule has 2 saturated carbocycles. The number of halogens is 1. The Morgan fingerprint density at radius 2 is 1.40 bits per heavy atom. The van der Waals surface area contributed by atoms with Crippen LogP contribution in [0.4, 0.5) is 4.39 Å². The fourth-order valence-electron chi connectivity index (χ4n) is 1.12. The molecule has 0 N–H and O–H groups in total. The summed E-state index contributed by atoms with van der Waals surface area (Å²) in [5, 5.41) is 0. The van der Waals surface area contributed by atoms with E-state index in [9.17, 15) is 4.39 Å². The predicted octanol–water partition coefficient (Wildman–Crippen LogP) is 5.22. The third kappa shape index (κ3) is 5.53. The van der Waals surface area contributed by atoms with Crippen LogP contribution in [0.15, 0.2) is 0 Å². The van der Waals surface area contributed by atoms with E-state index >= 15 is 0 Å². The average molecular weight is 216 g/mol. The Kier molecular flexibility index (Phi) is 5.84. The Balaban J connectivity index is 0.000000227. The fraction of sp³-hybridized carbons (Fsp3) is 1.00. The summed E-state index contributed by atoms with van der Waals surface area (Å²) in [5.41, 5.74) is 0.875. The van der Waals surface area contributed by atoms with Gasteiger partial charge in [-0.05, 0) is 42.4 Å². The third-order valence-corrected chi connectivity index (χ3v) is 3.86. The summed E-state index contributed by atoms with van der Waals surface area (Å²) in [6.45, 7) is 12.9. The lowest BCUT2D eigenvalue weighted by Gasteiger charge is -2.10. The van der Waals surface area contributed by atoms with Gasteiger partial charge in [0.1, 0.15) is 0 Å². The van der Waals surface area contributed by atoms with Gasteiger partial charge >= 0.3 is 0 Å². The summed E-state index contributed by atoms with van der Waals surface area (Å²) in [5.74, 6) is 0.910. The smallest absolute Gasteiger partial charge is 0.0947 e. The molecular formula is C14H29F. The van der Waals surface area contributed by atoms with Crippen LogP contribution in [0.5, 0.6) is 0 Å². The molecule has 0 saturated heterocycles. The van der Waals surface area contributed by atoms with Crippen molar-refractivity contribution in [3.63, 3.8) is 0 Å². The molecule has 0 unspecified atom stereocenters. The Labute approximate surface area is 95.6 Å². The molecule has 2 fully saturated rings. The summed E-state index contributed by atoms with van der Waals surface area (Å²) in [7, 11) is 0. The van der Waals surface area contributed by atoms with Crippen molar-refractivity contribution in [2.45, 2.75) is 67.2 Å². The van der Waals surface area contributed by atoms with Gasteiger partial charge in [-0.3, -0.25) is 4.39 Å². The molecule has 2 aliphatic carbocycles. The Hall–Kier alpha value is -0.0700. The average Bonchev–Trinajstić information content (AvgIpc) is 3.12. The first-order valence-corrected chi connectivity index (χ1v) is 6.48. The Morgan fingerprint density at radius 1 is 1.00 bits per heavy atom. The fourth-order valence-corrected chi connectivity index (χ4v) is 1.12. The van der Waals surface area contributed by atoms with Gasteiger partial charge in [0.25, 0.3) is 0 Å². The second kappa shape index (κ2) is 5.86. The lowest BCUT2D eigenvalue weighted by atomic mass is 9.95. The normalized spacial score (nSPS) is 23.2. The van der Waals surface area contributed by atoms with E-state index in [-0.39, 0.29) is 12.1 Å². The van der Waals surface area contributed by atoms with E-state index in [4.69, 9.17) is 0 Å². The maximum Gasteiger partial charge on any atom is 0.0947 e. The molecule has 0 radical (unpaired) electrons. The van der Waals surface area contributed by atoms with Crippen molar-refractivity contribution in [1.82, 2.24) is 0 Å². The highest BCUT2D eigenvalue weighted by molar-refractivity contribution is 4.90. The lowest BCUT2D eigenvalue weighted by molar-refractivity contribution is 0.366. The molecule has 0 bridgehead atoms. The van der Waals surface area contributed by atoms with E-state index in [0.29, 0.717) is 0 Å². The van der Waals surface area contributed by atoms with Crippen molar-refractivity contribution in [3.8, 4) is 0 Å². The van der Waals surface area contributed by atoms with Crippen molar-refractivity contribution in [2.75, 3.05) is 6.67 Å². The summed E-state index contributed by atoms with van der Waals surface area (Å²) in [6.07, 6.45) is 5.13. The molecule has 0 aliphatic heterocycles. The SMILES string of the molecule is CC.CC(C)C1(C)CC1.CC1(CF)CC1. The quantitative estimate of drug-likeness (QED) is 0.593. The second-order valence-electron chi connectivity index (χ2n) is 5.75. The van der Waals surface area contributed by atoms with Crippen LogP contribution in [0.25, 0.3) is 0 Å². The van der Waals surface area contributed by atoms with Gasteiger partial charge in [-0.15, -0.1) is 0 Å². The molecule has 0 heterocycles. The first-order chi connectivity index (χ1) is 6.92. The summed E-state index contributed by atoms with van der Waals surface area (Å²) in [4.78, 5) is 0. The maximum atomic E-state index is 11.6. The summed E-state index contributed by atoms with van der Waals surface area (Å²) in [6, 6.07) is 0. The highest BCUT2D eigenvalue weighted by Crippen LogP contribution is 2.50. The van der Waals surface area contributed by atoms with Gasteiger partial charge in [-0.25, -0.2) is 0 Å². The zero-order valence-electron chi connectivity index (χ0n) is 11.5. The first kappa shape index (κ1) is 14.9. The molecule has 2 aliphatic rings. The molecule has 92 valence electrons. The van der Waals surface area contributed by atoms with E-state index < -0.39 is 0 Å². The number of rotatable bonds is 2. The van der Waals surface area contributed by atoms with E-state index in [1.807, 2.05) is 20.8 Å². The largest absolute Gasteiger partial charge is 0.251 e. The number of alkyl halides is 1. The molecule has 0 aromatic rings. The van der Waals surface area contributed by atoms with Crippen LogP contribution < -0.4 is 0 Å². The van der Waals surface area contributed by atoms with E-state index in [2.05, 4.69) is 20.8 Å². The van der Waals surface area contributed by atoms with Crippen LogP contribution in [0.3, 0.4) is 0 Å². The molecule has 1 heteroatoms. The van der Waals surface area contributed by atoms with Gasteiger partial charge < -0.3 is 0 Å². The predicted molar refractivity (Wildman–Crippen MR) is 66.8 cm³/mol. The molecule has 0 amide bonds. The highest BCUT2D eigenvalue weighted by atomic mass is 19.1. The van der Waals surface area contributed by atoms with Crippen molar-refractivity contribution in [2.24, 2.45) is 16.7 Å². The molecular weight excluding hydrogens is 187 g/mol. The van der Waals surface area contributed by atoms with Gasteiger partial charge in [0.05, 0.1) is 6.67 Å². The minimum absolute atomic E-state index is 0.118. The van der Waals surface area contributed by atoms with Crippen LogP contribution in [0.1, 0.15) is 67.2 Å². The van der Waals surface area contributed by atoms with Crippen LogP contribution in [-0.2, 0) is 0 Å². The minimum Gasteiger partial charge on any atom is -0.251 e. The van der Waals surface area contributed by atoms with Gasteiger partial charge in [0.2, 0.25) is 0 Å². The minimum atomic E-state index is -0.118. The van der Waals surface area contributed by atoms with Gasteiger partial charge in [0.15, 0.2) is 0 Å². The van der Waals surface area contributed by atoms with Crippen LogP contribution >= 0.6 is 0 Å². The first-order valence-electron chi connectivity index (χ1n) is 6.48. The number of hydrogen-bond acceptors (Lipinski definition) is 0. The van der Waals surface area contributed by atoms with Gasteiger partial charge in [0, 0.05) is 0 Å². The van der Waals surface area contributed by atoms with E-state index in [1.165, 1.54) is 12.8 Å². The standard InChI is InChI=1S/C7H14.C5H9F.C2H6/c1-6(2)7(3)4-5-7;1-5(4-6)2-3-5;1-2/h6H,4-5H2,1-3H3;2-4H2,1H3;1-2H3. The Bertz CT molecular complexity index is 164. The number of hydrogen-bond donors (Lipinski definition) is 0. The molecule has 0 spiro atoms. The molecule has 0 atom stereocenters. The molecule has 15 heavy (non-hydrogen) atoms. The van der Waals surface area contributed by atoms with Crippen molar-refractivity contribution >= 4 is 0 Å². The third-order valence-electron chi connectivity index (χ3n) is 3.86. The molecule has 0 aromatic carbocycles. The van der Waals surface area contributed by atoms with Crippen molar-refractivity contribution in [3.05, 3.63) is 0 Å². The zero-order chi connectivity index (χ0) is 12.1. The van der Waals surface area contributed by atoms with Crippen LogP contribution in [-0.4, -0.2) is 6.67 Å². The van der Waals surface area contributed by atoms with E-state index in [1.54, 1.807) is 0 Å². The second-order valence-corrected chi connectivity index (χ2v) is 5.75. The zero-order valence-corrected chi connectivity index (χ0v) is 11.5. The van der Waals surface area contributed by atoms with Crippen LogP contribution in [0.2, 0.25) is 0 Å². The lowest BCUT2D eigenvalue weighted by Crippen LogP contribution is -2.01. The highest BCUT2D eigenvalue weighted by Gasteiger charge is 2.39. The van der Waals surface area contributed by atoms with Crippen LogP contribution in [0, 0.1) is 16.7 Å². The summed E-state index contributed by atoms with van der Waals surface area (Å²) >= 11 is 0. The topological polar surface area (TPSA) is 0 Å². The van der Waals surface area contributed by atoms with Crippen molar-refractivity contribution < 1.29 is 4.39 Å². The monoisotopic (exact) mass is 216 g/mol. The molecule has 0 nitrogen and oxygen atoms in total. The van der Waals surface area contributed by atoms with E-state index in [0.717, 1.165) is 24.2 Å². The summed E-state index contributed by atoms with van der Waals surface area (Å²) < 4.78 is 11.6.